The van der Waals surface area contributed by atoms with E-state index in [0.717, 1.165) is 25.3 Å². The summed E-state index contributed by atoms with van der Waals surface area (Å²) in [6.45, 7) is 0. The Morgan fingerprint density at radius 3 is 2.33 bits per heavy atom. The van der Waals surface area contributed by atoms with Gasteiger partial charge in [-0.15, -0.1) is 0 Å². The van der Waals surface area contributed by atoms with E-state index in [4.69, 9.17) is 0 Å². The molecule has 1 fully saturated rings. The molecule has 18 heavy (non-hydrogen) atoms. The summed E-state index contributed by atoms with van der Waals surface area (Å²) in [5, 5.41) is 9.46. The van der Waals surface area contributed by atoms with E-state index < -0.39 is 23.0 Å². The van der Waals surface area contributed by atoms with Gasteiger partial charge in [0.1, 0.15) is 0 Å². The maximum absolute atomic E-state index is 13.4. The first kappa shape index (κ1) is 13.5. The predicted octanol–water partition coefficient (Wildman–Crippen LogP) is 4.01. The number of carbonyl (C=O) groups is 1. The Balaban J connectivity index is 2.52. The first-order valence-corrected chi connectivity index (χ1v) is 6.65. The Hall–Kier alpha value is -0.970. The van der Waals surface area contributed by atoms with Gasteiger partial charge in [0.25, 0.3) is 0 Å². The van der Waals surface area contributed by atoms with Crippen molar-refractivity contribution in [3.05, 3.63) is 33.8 Å². The fourth-order valence-corrected chi connectivity index (χ4v) is 3.05. The van der Waals surface area contributed by atoms with Crippen LogP contribution in [0.1, 0.15) is 37.7 Å². The van der Waals surface area contributed by atoms with Crippen molar-refractivity contribution in [3.63, 3.8) is 0 Å². The molecule has 0 saturated heterocycles. The maximum atomic E-state index is 13.4. The van der Waals surface area contributed by atoms with Crippen LogP contribution in [0.15, 0.2) is 16.6 Å². The summed E-state index contributed by atoms with van der Waals surface area (Å²) in [7, 11) is 0. The molecule has 98 valence electrons. The van der Waals surface area contributed by atoms with Crippen molar-refractivity contribution < 1.29 is 18.7 Å². The van der Waals surface area contributed by atoms with Gasteiger partial charge >= 0.3 is 5.97 Å². The van der Waals surface area contributed by atoms with Crippen LogP contribution < -0.4 is 0 Å². The fraction of sp³-hybridized carbons (Fsp3) is 0.462. The molecule has 1 aromatic carbocycles. The highest BCUT2D eigenvalue weighted by Gasteiger charge is 2.42. The second-order valence-electron chi connectivity index (χ2n) is 4.70. The van der Waals surface area contributed by atoms with E-state index in [2.05, 4.69) is 15.9 Å². The van der Waals surface area contributed by atoms with E-state index in [1.54, 1.807) is 0 Å². The van der Waals surface area contributed by atoms with Crippen molar-refractivity contribution >= 4 is 21.9 Å². The summed E-state index contributed by atoms with van der Waals surface area (Å²) < 4.78 is 26.6. The minimum atomic E-state index is -1.07. The Morgan fingerprint density at radius 2 is 1.83 bits per heavy atom. The van der Waals surface area contributed by atoms with E-state index in [-0.39, 0.29) is 4.47 Å². The fourth-order valence-electron chi connectivity index (χ4n) is 2.61. The zero-order valence-electron chi connectivity index (χ0n) is 9.68. The minimum Gasteiger partial charge on any atom is -0.481 e. The molecule has 5 heteroatoms. The molecule has 1 aliphatic rings. The average molecular weight is 319 g/mol. The lowest BCUT2D eigenvalue weighted by atomic mass is 9.69. The molecule has 2 nitrogen and oxygen atoms in total. The molecular weight excluding hydrogens is 306 g/mol. The molecule has 0 radical (unpaired) electrons. The molecule has 0 heterocycles. The number of carboxylic acid groups (broad SMARTS) is 1. The molecular formula is C13H13BrF2O2. The lowest BCUT2D eigenvalue weighted by molar-refractivity contribution is -0.145. The SMILES string of the molecule is O=C(O)C1(c2cc(F)c(F)c(Br)c2)CCCCC1. The highest BCUT2D eigenvalue weighted by atomic mass is 79.9. The molecule has 0 aliphatic heterocycles. The third kappa shape index (κ3) is 2.16. The zero-order valence-corrected chi connectivity index (χ0v) is 11.3. The van der Waals surface area contributed by atoms with Crippen molar-refractivity contribution in [1.82, 2.24) is 0 Å². The molecule has 0 spiro atoms. The topological polar surface area (TPSA) is 37.3 Å². The summed E-state index contributed by atoms with van der Waals surface area (Å²) in [6.07, 6.45) is 3.52. The van der Waals surface area contributed by atoms with Crippen LogP contribution in [0.3, 0.4) is 0 Å². The first-order chi connectivity index (χ1) is 8.47. The quantitative estimate of drug-likeness (QED) is 0.836. The maximum Gasteiger partial charge on any atom is 0.314 e. The molecule has 0 aromatic heterocycles. The van der Waals surface area contributed by atoms with Crippen LogP contribution >= 0.6 is 15.9 Å². The molecule has 1 saturated carbocycles. The van der Waals surface area contributed by atoms with Crippen molar-refractivity contribution in [1.29, 1.82) is 0 Å². The van der Waals surface area contributed by atoms with Crippen LogP contribution in [0.5, 0.6) is 0 Å². The van der Waals surface area contributed by atoms with Gasteiger partial charge in [0.05, 0.1) is 9.89 Å². The van der Waals surface area contributed by atoms with Crippen LogP contribution in [0.25, 0.3) is 0 Å². The Morgan fingerprint density at radius 1 is 1.22 bits per heavy atom. The second-order valence-corrected chi connectivity index (χ2v) is 5.56. The third-order valence-corrected chi connectivity index (χ3v) is 4.23. The van der Waals surface area contributed by atoms with Crippen molar-refractivity contribution in [3.8, 4) is 0 Å². The Bertz CT molecular complexity index is 459. The molecule has 0 unspecified atom stereocenters. The molecule has 0 atom stereocenters. The highest BCUT2D eigenvalue weighted by molar-refractivity contribution is 9.10. The highest BCUT2D eigenvalue weighted by Crippen LogP contribution is 2.41. The standard InChI is InChI=1S/C13H13BrF2O2/c14-9-6-8(7-10(15)11(9)16)13(12(17)18)4-2-1-3-5-13/h6-7H,1-5H2,(H,17,18). The van der Waals surface area contributed by atoms with Crippen molar-refractivity contribution in [2.75, 3.05) is 0 Å². The number of benzene rings is 1. The molecule has 1 N–H and O–H groups in total. The van der Waals surface area contributed by atoms with Gasteiger partial charge in [-0.05, 0) is 46.5 Å². The van der Waals surface area contributed by atoms with Crippen LogP contribution in [-0.2, 0) is 10.2 Å². The summed E-state index contributed by atoms with van der Waals surface area (Å²) in [5.41, 5.74) is -0.726. The summed E-state index contributed by atoms with van der Waals surface area (Å²) in [5.74, 6) is -2.94. The van der Waals surface area contributed by atoms with Crippen LogP contribution in [0, 0.1) is 11.6 Å². The van der Waals surface area contributed by atoms with E-state index in [0.29, 0.717) is 18.4 Å². The minimum absolute atomic E-state index is 0.0244. The van der Waals surface area contributed by atoms with Gasteiger partial charge in [-0.3, -0.25) is 4.79 Å². The van der Waals surface area contributed by atoms with Gasteiger partial charge in [-0.1, -0.05) is 19.3 Å². The summed E-state index contributed by atoms with van der Waals surface area (Å²) in [6, 6.07) is 2.40. The number of halogens is 3. The predicted molar refractivity (Wildman–Crippen MR) is 66.5 cm³/mol. The molecule has 2 rings (SSSR count). The molecule has 1 aliphatic carbocycles. The zero-order chi connectivity index (χ0) is 13.3. The van der Waals surface area contributed by atoms with Crippen LogP contribution in [0.2, 0.25) is 0 Å². The lowest BCUT2D eigenvalue weighted by Gasteiger charge is -2.33. The molecule has 0 bridgehead atoms. The van der Waals surface area contributed by atoms with Gasteiger partial charge in [0.15, 0.2) is 11.6 Å². The van der Waals surface area contributed by atoms with Gasteiger partial charge < -0.3 is 5.11 Å². The number of aliphatic carboxylic acids is 1. The number of hydrogen-bond acceptors (Lipinski definition) is 1. The van der Waals surface area contributed by atoms with E-state index in [1.807, 2.05) is 0 Å². The number of rotatable bonds is 2. The first-order valence-electron chi connectivity index (χ1n) is 5.86. The third-order valence-electron chi connectivity index (χ3n) is 3.65. The van der Waals surface area contributed by atoms with Crippen molar-refractivity contribution in [2.24, 2.45) is 0 Å². The van der Waals surface area contributed by atoms with Gasteiger partial charge in [0, 0.05) is 0 Å². The summed E-state index contributed by atoms with van der Waals surface area (Å²) in [4.78, 5) is 11.6. The second kappa shape index (κ2) is 4.96. The lowest BCUT2D eigenvalue weighted by Crippen LogP contribution is -2.38. The van der Waals surface area contributed by atoms with Gasteiger partial charge in [-0.25, -0.2) is 8.78 Å². The number of hydrogen-bond donors (Lipinski definition) is 1. The van der Waals surface area contributed by atoms with Crippen molar-refractivity contribution in [2.45, 2.75) is 37.5 Å². The number of carboxylic acids is 1. The molecule has 1 aromatic rings. The monoisotopic (exact) mass is 318 g/mol. The smallest absolute Gasteiger partial charge is 0.314 e. The van der Waals surface area contributed by atoms with Crippen LogP contribution in [0.4, 0.5) is 8.78 Å². The average Bonchev–Trinajstić information content (AvgIpc) is 2.36. The van der Waals surface area contributed by atoms with Gasteiger partial charge in [0.2, 0.25) is 0 Å². The Labute approximate surface area is 112 Å². The molecule has 0 amide bonds. The largest absolute Gasteiger partial charge is 0.481 e. The summed E-state index contributed by atoms with van der Waals surface area (Å²) >= 11 is 2.93. The van der Waals surface area contributed by atoms with Crippen LogP contribution in [-0.4, -0.2) is 11.1 Å². The normalized spacial score (nSPS) is 18.6. The van der Waals surface area contributed by atoms with Gasteiger partial charge in [-0.2, -0.15) is 0 Å². The Kier molecular flexibility index (Phi) is 3.71. The van der Waals surface area contributed by atoms with E-state index in [9.17, 15) is 18.7 Å². The van der Waals surface area contributed by atoms with E-state index >= 15 is 0 Å². The van der Waals surface area contributed by atoms with E-state index in [1.165, 1.54) is 6.07 Å².